The fourth-order valence-corrected chi connectivity index (χ4v) is 3.20. The molecule has 1 aliphatic heterocycles. The summed E-state index contributed by atoms with van der Waals surface area (Å²) in [4.78, 5) is 0. The first-order chi connectivity index (χ1) is 9.58. The van der Waals surface area contributed by atoms with E-state index < -0.39 is 0 Å². The molecule has 0 amide bonds. The average Bonchev–Trinajstić information content (AvgIpc) is 2.46. The Kier molecular flexibility index (Phi) is 5.58. The van der Waals surface area contributed by atoms with E-state index in [1.54, 1.807) is 0 Å². The molecular weight excluding hydrogens is 321 g/mol. The zero-order chi connectivity index (χ0) is 14.6. The van der Waals surface area contributed by atoms with E-state index in [0.29, 0.717) is 12.6 Å². The van der Waals surface area contributed by atoms with E-state index in [2.05, 4.69) is 35.1 Å². The van der Waals surface area contributed by atoms with Crippen molar-refractivity contribution in [2.24, 2.45) is 0 Å². The molecule has 4 heteroatoms. The van der Waals surface area contributed by atoms with Gasteiger partial charge in [-0.15, -0.1) is 0 Å². The van der Waals surface area contributed by atoms with Crippen LogP contribution in [0.3, 0.4) is 0 Å². The Morgan fingerprint density at radius 1 is 1.40 bits per heavy atom. The predicted octanol–water partition coefficient (Wildman–Crippen LogP) is 4.42. The van der Waals surface area contributed by atoms with Gasteiger partial charge in [-0.3, -0.25) is 0 Å². The first-order valence-corrected chi connectivity index (χ1v) is 8.19. The monoisotopic (exact) mass is 343 g/mol. The molecule has 2 nitrogen and oxygen atoms in total. The standard InChI is InChI=1S/C16H23BrFNO/c1-3-16(4-2)10-14(7-8-20-16)19-11-12-5-6-13(17)9-15(12)18/h5-6,9,14,19H,3-4,7-8,10-11H2,1-2H3. The first kappa shape index (κ1) is 15.9. The zero-order valence-electron chi connectivity index (χ0n) is 12.2. The second-order valence-electron chi connectivity index (χ2n) is 5.54. The number of halogens is 2. The van der Waals surface area contributed by atoms with E-state index in [1.807, 2.05) is 12.1 Å². The summed E-state index contributed by atoms with van der Waals surface area (Å²) in [6, 6.07) is 5.64. The number of rotatable bonds is 5. The molecule has 0 aromatic heterocycles. The predicted molar refractivity (Wildman–Crippen MR) is 83.2 cm³/mol. The summed E-state index contributed by atoms with van der Waals surface area (Å²) in [6.07, 6.45) is 4.08. The molecule has 20 heavy (non-hydrogen) atoms. The Hall–Kier alpha value is -0.450. The highest BCUT2D eigenvalue weighted by atomic mass is 79.9. The minimum Gasteiger partial charge on any atom is -0.375 e. The quantitative estimate of drug-likeness (QED) is 0.854. The molecule has 1 saturated heterocycles. The maximum atomic E-state index is 13.8. The molecule has 1 heterocycles. The van der Waals surface area contributed by atoms with E-state index in [1.165, 1.54) is 6.07 Å². The zero-order valence-corrected chi connectivity index (χ0v) is 13.8. The molecule has 0 aliphatic carbocycles. The highest BCUT2D eigenvalue weighted by molar-refractivity contribution is 9.10. The Balaban J connectivity index is 1.93. The maximum absolute atomic E-state index is 13.8. The summed E-state index contributed by atoms with van der Waals surface area (Å²) < 4.78 is 20.5. The molecule has 1 unspecified atom stereocenters. The van der Waals surface area contributed by atoms with Crippen molar-refractivity contribution in [2.75, 3.05) is 6.61 Å². The molecule has 1 N–H and O–H groups in total. The van der Waals surface area contributed by atoms with Crippen LogP contribution in [0.2, 0.25) is 0 Å². The van der Waals surface area contributed by atoms with Gasteiger partial charge in [-0.2, -0.15) is 0 Å². The van der Waals surface area contributed by atoms with Crippen LogP contribution in [0.4, 0.5) is 4.39 Å². The Morgan fingerprint density at radius 2 is 2.15 bits per heavy atom. The summed E-state index contributed by atoms with van der Waals surface area (Å²) in [7, 11) is 0. The van der Waals surface area contributed by atoms with Gasteiger partial charge in [0, 0.05) is 29.2 Å². The van der Waals surface area contributed by atoms with Crippen LogP contribution in [0.5, 0.6) is 0 Å². The number of nitrogens with one attached hydrogen (secondary N) is 1. The van der Waals surface area contributed by atoms with Crippen LogP contribution < -0.4 is 5.32 Å². The molecule has 0 spiro atoms. The highest BCUT2D eigenvalue weighted by Gasteiger charge is 2.34. The van der Waals surface area contributed by atoms with E-state index in [4.69, 9.17) is 4.74 Å². The molecule has 1 aromatic carbocycles. The van der Waals surface area contributed by atoms with Gasteiger partial charge in [-0.05, 0) is 37.8 Å². The van der Waals surface area contributed by atoms with Gasteiger partial charge in [-0.1, -0.05) is 35.8 Å². The second-order valence-corrected chi connectivity index (χ2v) is 6.46. The maximum Gasteiger partial charge on any atom is 0.128 e. The van der Waals surface area contributed by atoms with Gasteiger partial charge in [0.25, 0.3) is 0 Å². The summed E-state index contributed by atoms with van der Waals surface area (Å²) in [5, 5.41) is 3.49. The van der Waals surface area contributed by atoms with Crippen LogP contribution in [0.1, 0.15) is 45.1 Å². The van der Waals surface area contributed by atoms with E-state index >= 15 is 0 Å². The van der Waals surface area contributed by atoms with Gasteiger partial charge in [0.15, 0.2) is 0 Å². The van der Waals surface area contributed by atoms with Crippen LogP contribution in [0, 0.1) is 5.82 Å². The average molecular weight is 344 g/mol. The summed E-state index contributed by atoms with van der Waals surface area (Å²) in [5.41, 5.74) is 0.729. The second kappa shape index (κ2) is 7.01. The lowest BCUT2D eigenvalue weighted by molar-refractivity contribution is -0.0932. The lowest BCUT2D eigenvalue weighted by atomic mass is 9.86. The van der Waals surface area contributed by atoms with Gasteiger partial charge in [0.2, 0.25) is 0 Å². The van der Waals surface area contributed by atoms with Crippen LogP contribution in [-0.2, 0) is 11.3 Å². The third-order valence-electron chi connectivity index (χ3n) is 4.38. The Bertz CT molecular complexity index is 448. The van der Waals surface area contributed by atoms with Gasteiger partial charge in [-0.25, -0.2) is 4.39 Å². The van der Waals surface area contributed by atoms with Crippen molar-refractivity contribution >= 4 is 15.9 Å². The Morgan fingerprint density at radius 3 is 2.80 bits per heavy atom. The lowest BCUT2D eigenvalue weighted by Gasteiger charge is -2.40. The molecule has 112 valence electrons. The van der Waals surface area contributed by atoms with Gasteiger partial charge in [0.1, 0.15) is 5.82 Å². The molecule has 1 aliphatic rings. The lowest BCUT2D eigenvalue weighted by Crippen LogP contribution is -2.46. The van der Waals surface area contributed by atoms with Crippen LogP contribution >= 0.6 is 15.9 Å². The smallest absolute Gasteiger partial charge is 0.128 e. The van der Waals surface area contributed by atoms with Crippen LogP contribution in [0.15, 0.2) is 22.7 Å². The van der Waals surface area contributed by atoms with Gasteiger partial charge in [0.05, 0.1) is 5.60 Å². The normalized spacial score (nSPS) is 21.9. The fraction of sp³-hybridized carbons (Fsp3) is 0.625. The number of benzene rings is 1. The minimum atomic E-state index is -0.156. The van der Waals surface area contributed by atoms with Gasteiger partial charge >= 0.3 is 0 Å². The molecule has 2 rings (SSSR count). The number of hydrogen-bond donors (Lipinski definition) is 1. The summed E-state index contributed by atoms with van der Waals surface area (Å²) >= 11 is 3.28. The van der Waals surface area contributed by atoms with Crippen LogP contribution in [0.25, 0.3) is 0 Å². The van der Waals surface area contributed by atoms with Crippen LogP contribution in [-0.4, -0.2) is 18.2 Å². The number of ether oxygens (including phenoxy) is 1. The molecule has 1 fully saturated rings. The largest absolute Gasteiger partial charge is 0.375 e. The van der Waals surface area contributed by atoms with E-state index in [-0.39, 0.29) is 11.4 Å². The third kappa shape index (κ3) is 3.80. The van der Waals surface area contributed by atoms with Crippen molar-refractivity contribution in [1.82, 2.24) is 5.32 Å². The van der Waals surface area contributed by atoms with Crippen molar-refractivity contribution < 1.29 is 9.13 Å². The molecule has 0 radical (unpaired) electrons. The van der Waals surface area contributed by atoms with E-state index in [0.717, 1.165) is 42.3 Å². The molecule has 0 saturated carbocycles. The fourth-order valence-electron chi connectivity index (χ4n) is 2.86. The third-order valence-corrected chi connectivity index (χ3v) is 4.87. The molecular formula is C16H23BrFNO. The molecule has 1 atom stereocenters. The van der Waals surface area contributed by atoms with Crippen molar-refractivity contribution in [2.45, 2.75) is 57.7 Å². The SMILES string of the molecule is CCC1(CC)CC(NCc2ccc(Br)cc2F)CCO1. The highest BCUT2D eigenvalue weighted by Crippen LogP contribution is 2.31. The summed E-state index contributed by atoms with van der Waals surface area (Å²) in [6.45, 7) is 5.73. The minimum absolute atomic E-state index is 0.00811. The van der Waals surface area contributed by atoms with Crippen molar-refractivity contribution in [3.05, 3.63) is 34.1 Å². The summed E-state index contributed by atoms with van der Waals surface area (Å²) in [5.74, 6) is -0.156. The van der Waals surface area contributed by atoms with Crippen molar-refractivity contribution in [3.63, 3.8) is 0 Å². The van der Waals surface area contributed by atoms with Crippen molar-refractivity contribution in [1.29, 1.82) is 0 Å². The Labute approximate surface area is 129 Å². The van der Waals surface area contributed by atoms with Gasteiger partial charge < -0.3 is 10.1 Å². The van der Waals surface area contributed by atoms with E-state index in [9.17, 15) is 4.39 Å². The number of hydrogen-bond acceptors (Lipinski definition) is 2. The molecule has 0 bridgehead atoms. The van der Waals surface area contributed by atoms with Crippen molar-refractivity contribution in [3.8, 4) is 0 Å². The first-order valence-electron chi connectivity index (χ1n) is 7.40. The topological polar surface area (TPSA) is 21.3 Å². The molecule has 1 aromatic rings.